The number of fused-ring (bicyclic) bond motifs is 4. The van der Waals surface area contributed by atoms with E-state index >= 15 is 4.39 Å². The molecule has 0 bridgehead atoms. The number of hydrogen-bond acceptors (Lipinski definition) is 5. The number of carbonyl (C=O) groups is 4. The zero-order valence-electron chi connectivity index (χ0n) is 26.0. The molecule has 3 aliphatic carbocycles. The van der Waals surface area contributed by atoms with Crippen LogP contribution < -0.4 is 0 Å². The van der Waals surface area contributed by atoms with E-state index < -0.39 is 46.6 Å². The molecule has 238 valence electrons. The summed E-state index contributed by atoms with van der Waals surface area (Å²) in [4.78, 5) is 59.3. The highest BCUT2D eigenvalue weighted by Crippen LogP contribution is 2.63. The van der Waals surface area contributed by atoms with Gasteiger partial charge in [-0.3, -0.25) is 24.1 Å². The van der Waals surface area contributed by atoms with Crippen molar-refractivity contribution in [2.45, 2.75) is 30.7 Å². The normalized spacial score (nSPS) is 27.9. The van der Waals surface area contributed by atoms with Crippen LogP contribution in [0.1, 0.15) is 41.0 Å². The number of halogens is 1. The number of amides is 2. The number of phenols is 1. The van der Waals surface area contributed by atoms with Crippen LogP contribution >= 0.6 is 0 Å². The zero-order chi connectivity index (χ0) is 33.2. The fraction of sp³-hybridized carbons (Fsp3) is 0.220. The van der Waals surface area contributed by atoms with E-state index in [0.717, 1.165) is 11.1 Å². The zero-order valence-corrected chi connectivity index (χ0v) is 26.0. The summed E-state index contributed by atoms with van der Waals surface area (Å²) in [5, 5.41) is 10.2. The number of likely N-dealkylation sites (tertiary alicyclic amines) is 1. The summed E-state index contributed by atoms with van der Waals surface area (Å²) in [6.45, 7) is 0.149. The molecule has 0 aromatic heterocycles. The van der Waals surface area contributed by atoms with Crippen molar-refractivity contribution in [2.75, 3.05) is 0 Å². The van der Waals surface area contributed by atoms with Crippen LogP contribution in [0.4, 0.5) is 4.39 Å². The van der Waals surface area contributed by atoms with Gasteiger partial charge in [-0.25, -0.2) is 4.39 Å². The Balaban J connectivity index is 1.34. The van der Waals surface area contributed by atoms with Gasteiger partial charge in [-0.15, -0.1) is 0 Å². The second-order valence-electron chi connectivity index (χ2n) is 13.2. The molecule has 2 fully saturated rings. The minimum atomic E-state index is -1.45. The van der Waals surface area contributed by atoms with Crippen molar-refractivity contribution in [1.29, 1.82) is 0 Å². The van der Waals surface area contributed by atoms with Crippen LogP contribution in [0.5, 0.6) is 5.75 Å². The number of aromatic hydroxyl groups is 1. The maximum atomic E-state index is 15.2. The fourth-order valence-corrected chi connectivity index (χ4v) is 8.94. The number of phenolic OH excluding ortho intramolecular Hbond substituents is 1. The molecular formula is C41H32FNO5. The minimum Gasteiger partial charge on any atom is -0.505 e. The third kappa shape index (κ3) is 4.37. The monoisotopic (exact) mass is 637 g/mol. The van der Waals surface area contributed by atoms with Crippen molar-refractivity contribution >= 4 is 29.0 Å². The molecule has 1 heterocycles. The lowest BCUT2D eigenvalue weighted by Gasteiger charge is -2.55. The summed E-state index contributed by atoms with van der Waals surface area (Å²) in [6.07, 6.45) is 3.84. The number of benzene rings is 4. The molecule has 6 atom stereocenters. The molecule has 0 spiro atoms. The Morgan fingerprint density at radius 3 is 2.15 bits per heavy atom. The van der Waals surface area contributed by atoms with E-state index in [-0.39, 0.29) is 42.8 Å². The average molecular weight is 638 g/mol. The van der Waals surface area contributed by atoms with Gasteiger partial charge in [-0.2, -0.15) is 0 Å². The maximum Gasteiger partial charge on any atom is 0.234 e. The second-order valence-corrected chi connectivity index (χ2v) is 13.2. The third-order valence-corrected chi connectivity index (χ3v) is 11.0. The molecule has 4 aromatic rings. The van der Waals surface area contributed by atoms with Crippen LogP contribution in [0.15, 0.2) is 127 Å². The number of nitrogens with zero attached hydrogens (tertiary/aromatic N) is 1. The van der Waals surface area contributed by atoms with E-state index in [2.05, 4.69) is 0 Å². The summed E-state index contributed by atoms with van der Waals surface area (Å²) in [7, 11) is 0. The molecule has 8 rings (SSSR count). The molecule has 2 amide bonds. The first-order valence-electron chi connectivity index (χ1n) is 16.3. The number of hydrogen-bond donors (Lipinski definition) is 1. The molecule has 6 nitrogen and oxygen atoms in total. The Morgan fingerprint density at radius 1 is 0.792 bits per heavy atom. The Bertz CT molecular complexity index is 2040. The largest absolute Gasteiger partial charge is 0.505 e. The Labute approximate surface area is 277 Å². The Hall–Kier alpha value is -5.43. The highest BCUT2D eigenvalue weighted by molar-refractivity contribution is 6.31. The molecule has 7 heteroatoms. The highest BCUT2D eigenvalue weighted by Gasteiger charge is 2.65. The van der Waals surface area contributed by atoms with Crippen molar-refractivity contribution in [1.82, 2.24) is 4.90 Å². The minimum absolute atomic E-state index is 0.149. The van der Waals surface area contributed by atoms with Gasteiger partial charge in [0.15, 0.2) is 23.1 Å². The third-order valence-electron chi connectivity index (χ3n) is 11.0. The first kappa shape index (κ1) is 29.9. The second kappa shape index (κ2) is 11.4. The Morgan fingerprint density at radius 2 is 1.46 bits per heavy atom. The van der Waals surface area contributed by atoms with Gasteiger partial charge in [0, 0.05) is 17.4 Å². The number of Topliss-reactive ketones (excluding diaryl/α,β-unsaturated/α-hetero) is 1. The lowest BCUT2D eigenvalue weighted by atomic mass is 9.44. The van der Waals surface area contributed by atoms with E-state index in [1.807, 2.05) is 84.9 Å². The van der Waals surface area contributed by atoms with Gasteiger partial charge in [-0.1, -0.05) is 109 Å². The Kier molecular flexibility index (Phi) is 7.09. The van der Waals surface area contributed by atoms with Gasteiger partial charge < -0.3 is 5.11 Å². The number of carbonyl (C=O) groups excluding carboxylic acids is 4. The number of allylic oxidation sites excluding steroid dienone is 4. The van der Waals surface area contributed by atoms with Gasteiger partial charge in [0.2, 0.25) is 11.8 Å². The van der Waals surface area contributed by atoms with Crippen LogP contribution in [-0.2, 0) is 31.1 Å². The summed E-state index contributed by atoms with van der Waals surface area (Å²) in [5.41, 5.74) is 2.09. The van der Waals surface area contributed by atoms with Crippen LogP contribution in [0.25, 0.3) is 5.57 Å². The van der Waals surface area contributed by atoms with Crippen LogP contribution in [-0.4, -0.2) is 33.4 Å². The molecule has 4 aromatic carbocycles. The molecule has 4 aliphatic rings. The molecular weight excluding hydrogens is 605 g/mol. The molecule has 1 saturated heterocycles. The number of ketones is 2. The van der Waals surface area contributed by atoms with E-state index in [0.29, 0.717) is 22.3 Å². The number of imide groups is 1. The molecule has 0 radical (unpaired) electrons. The van der Waals surface area contributed by atoms with Crippen LogP contribution in [0.2, 0.25) is 0 Å². The van der Waals surface area contributed by atoms with Crippen molar-refractivity contribution in [3.05, 3.63) is 155 Å². The van der Waals surface area contributed by atoms with Gasteiger partial charge in [0.25, 0.3) is 0 Å². The van der Waals surface area contributed by atoms with Crippen LogP contribution in [0, 0.1) is 29.5 Å². The van der Waals surface area contributed by atoms with Crippen molar-refractivity contribution in [3.63, 3.8) is 0 Å². The van der Waals surface area contributed by atoms with Gasteiger partial charge >= 0.3 is 0 Å². The smallest absolute Gasteiger partial charge is 0.234 e. The topological polar surface area (TPSA) is 91.8 Å². The lowest BCUT2D eigenvalue weighted by Crippen LogP contribution is -2.58. The molecule has 1 saturated carbocycles. The first-order valence-corrected chi connectivity index (χ1v) is 16.3. The van der Waals surface area contributed by atoms with Gasteiger partial charge in [-0.05, 0) is 59.2 Å². The SMILES string of the molecule is O=C1C(c2ccccc2)=CC(=O)C2(c3ccccc3)C1CC1C(=CCC3C(=O)N(Cc4ccccc4)C(=O)C31)C2c1ccc(O)c(F)c1. The molecule has 6 unspecified atom stereocenters. The predicted molar refractivity (Wildman–Crippen MR) is 177 cm³/mol. The summed E-state index contributed by atoms with van der Waals surface area (Å²) in [6, 6.07) is 31.7. The summed E-state index contributed by atoms with van der Waals surface area (Å²) < 4.78 is 15.2. The van der Waals surface area contributed by atoms with E-state index in [1.165, 1.54) is 23.1 Å². The fourth-order valence-electron chi connectivity index (χ4n) is 8.94. The summed E-state index contributed by atoms with van der Waals surface area (Å²) in [5.74, 6) is -6.05. The van der Waals surface area contributed by atoms with E-state index in [9.17, 15) is 24.3 Å². The lowest BCUT2D eigenvalue weighted by molar-refractivity contribution is -0.141. The van der Waals surface area contributed by atoms with Gasteiger partial charge in [0.05, 0.1) is 23.8 Å². The standard InChI is InChI=1S/C41H32FNO5/c42-33-20-26(16-19-34(33)44)37-28-17-18-29-36(40(48)43(39(29)47)23-24-10-4-1-5-11-24)31(28)21-32-38(46)30(25-12-6-2-7-13-25)22-35(45)41(32,37)27-14-8-3-9-15-27/h1-17,19-20,22,29,31-32,36-37,44H,18,21,23H2. The molecule has 48 heavy (non-hydrogen) atoms. The quantitative estimate of drug-likeness (QED) is 0.198. The average Bonchev–Trinajstić information content (AvgIpc) is 3.36. The van der Waals surface area contributed by atoms with Crippen molar-refractivity contribution < 1.29 is 28.7 Å². The molecule has 1 N–H and O–H groups in total. The molecule has 1 aliphatic heterocycles. The maximum absolute atomic E-state index is 15.2. The first-order chi connectivity index (χ1) is 23.3. The van der Waals surface area contributed by atoms with Crippen molar-refractivity contribution in [3.8, 4) is 5.75 Å². The summed E-state index contributed by atoms with van der Waals surface area (Å²) >= 11 is 0. The number of rotatable bonds is 5. The van der Waals surface area contributed by atoms with E-state index in [1.54, 1.807) is 18.2 Å². The van der Waals surface area contributed by atoms with Crippen molar-refractivity contribution in [2.24, 2.45) is 23.7 Å². The predicted octanol–water partition coefficient (Wildman–Crippen LogP) is 6.56. The van der Waals surface area contributed by atoms with E-state index in [4.69, 9.17) is 0 Å². The highest BCUT2D eigenvalue weighted by atomic mass is 19.1. The van der Waals surface area contributed by atoms with Gasteiger partial charge in [0.1, 0.15) is 0 Å². The van der Waals surface area contributed by atoms with Crippen LogP contribution in [0.3, 0.4) is 0 Å².